The summed E-state index contributed by atoms with van der Waals surface area (Å²) in [6.45, 7) is 8.57. The van der Waals surface area contributed by atoms with E-state index in [-0.39, 0.29) is 17.8 Å². The first-order chi connectivity index (χ1) is 9.01. The summed E-state index contributed by atoms with van der Waals surface area (Å²) in [6, 6.07) is 0. The molecule has 0 saturated heterocycles. The van der Waals surface area contributed by atoms with Gasteiger partial charge in [0.05, 0.1) is 0 Å². The maximum Gasteiger partial charge on any atom is 0.331 e. The van der Waals surface area contributed by atoms with Crippen LogP contribution in [0.3, 0.4) is 0 Å². The molecule has 1 aliphatic rings. The van der Waals surface area contributed by atoms with E-state index in [0.717, 1.165) is 0 Å². The molecular formula is C16H22O4. The number of allylic oxidation sites excluding steroid dienone is 3. The molecular weight excluding hydrogens is 256 g/mol. The monoisotopic (exact) mass is 278 g/mol. The van der Waals surface area contributed by atoms with Crippen LogP contribution in [-0.2, 0) is 9.59 Å². The number of aliphatic carboxylic acids is 1. The first kappa shape index (κ1) is 16.4. The van der Waals surface area contributed by atoms with Crippen LogP contribution in [0.4, 0.5) is 0 Å². The average molecular weight is 278 g/mol. The number of carbonyl (C=O) groups is 2. The van der Waals surface area contributed by atoms with Crippen LogP contribution in [0, 0.1) is 5.41 Å². The van der Waals surface area contributed by atoms with Gasteiger partial charge in [0, 0.05) is 17.4 Å². The molecule has 0 radical (unpaired) electrons. The molecule has 4 heteroatoms. The highest BCUT2D eigenvalue weighted by Gasteiger charge is 2.46. The van der Waals surface area contributed by atoms with E-state index in [1.165, 1.54) is 13.0 Å². The van der Waals surface area contributed by atoms with Gasteiger partial charge in [0.15, 0.2) is 5.78 Å². The van der Waals surface area contributed by atoms with Crippen molar-refractivity contribution in [2.45, 2.75) is 46.6 Å². The Hall–Kier alpha value is -1.68. The third kappa shape index (κ3) is 2.90. The lowest BCUT2D eigenvalue weighted by Gasteiger charge is -2.44. The molecule has 4 nitrogen and oxygen atoms in total. The molecule has 0 saturated carbocycles. The third-order valence-electron chi connectivity index (χ3n) is 4.11. The van der Waals surface area contributed by atoms with Gasteiger partial charge in [0.1, 0.15) is 5.60 Å². The zero-order valence-corrected chi connectivity index (χ0v) is 12.7. The third-order valence-corrected chi connectivity index (χ3v) is 4.11. The fourth-order valence-electron chi connectivity index (χ4n) is 2.40. The number of rotatable bonds is 3. The number of hydrogen-bond donors (Lipinski definition) is 2. The quantitative estimate of drug-likeness (QED) is 0.614. The number of aliphatic hydroxyl groups is 1. The molecule has 0 aliphatic heterocycles. The molecule has 0 aromatic rings. The van der Waals surface area contributed by atoms with Gasteiger partial charge >= 0.3 is 5.97 Å². The zero-order valence-electron chi connectivity index (χ0n) is 12.7. The predicted octanol–water partition coefficient (Wildman–Crippen LogP) is 2.64. The summed E-state index contributed by atoms with van der Waals surface area (Å²) >= 11 is 0. The first-order valence-corrected chi connectivity index (χ1v) is 6.55. The first-order valence-electron chi connectivity index (χ1n) is 6.55. The van der Waals surface area contributed by atoms with E-state index in [2.05, 4.69) is 0 Å². The van der Waals surface area contributed by atoms with E-state index in [4.69, 9.17) is 5.11 Å². The highest BCUT2D eigenvalue weighted by molar-refractivity contribution is 5.93. The summed E-state index contributed by atoms with van der Waals surface area (Å²) in [6.07, 6.45) is 4.91. The van der Waals surface area contributed by atoms with Crippen molar-refractivity contribution in [1.82, 2.24) is 0 Å². The Morgan fingerprint density at radius 3 is 2.35 bits per heavy atom. The van der Waals surface area contributed by atoms with Gasteiger partial charge in [-0.3, -0.25) is 4.79 Å². The molecule has 1 rings (SSSR count). The molecule has 1 aliphatic carbocycles. The summed E-state index contributed by atoms with van der Waals surface area (Å²) < 4.78 is 0. The largest absolute Gasteiger partial charge is 0.478 e. The zero-order chi connectivity index (χ0) is 15.7. The van der Waals surface area contributed by atoms with Crippen molar-refractivity contribution in [3.8, 4) is 0 Å². The van der Waals surface area contributed by atoms with Gasteiger partial charge < -0.3 is 10.2 Å². The fraction of sp³-hybridized carbons (Fsp3) is 0.500. The molecule has 20 heavy (non-hydrogen) atoms. The molecule has 0 heterocycles. The van der Waals surface area contributed by atoms with Gasteiger partial charge in [-0.25, -0.2) is 4.79 Å². The van der Waals surface area contributed by atoms with Crippen LogP contribution >= 0.6 is 0 Å². The average Bonchev–Trinajstić information content (AvgIpc) is 2.31. The minimum atomic E-state index is -1.25. The smallest absolute Gasteiger partial charge is 0.331 e. The van der Waals surface area contributed by atoms with Crippen LogP contribution in [0.2, 0.25) is 0 Å². The van der Waals surface area contributed by atoms with Crippen molar-refractivity contribution in [2.75, 3.05) is 0 Å². The maximum atomic E-state index is 11.6. The van der Waals surface area contributed by atoms with Gasteiger partial charge in [-0.1, -0.05) is 19.9 Å². The fourth-order valence-corrected chi connectivity index (χ4v) is 2.40. The molecule has 2 N–H and O–H groups in total. The van der Waals surface area contributed by atoms with E-state index >= 15 is 0 Å². The Kier molecular flexibility index (Phi) is 4.39. The lowest BCUT2D eigenvalue weighted by molar-refractivity contribution is -0.132. The highest BCUT2D eigenvalue weighted by Crippen LogP contribution is 2.44. The topological polar surface area (TPSA) is 74.6 Å². The molecule has 0 aromatic carbocycles. The van der Waals surface area contributed by atoms with Crippen LogP contribution < -0.4 is 0 Å². The summed E-state index contributed by atoms with van der Waals surface area (Å²) in [4.78, 5) is 22.5. The molecule has 0 bridgehead atoms. The summed E-state index contributed by atoms with van der Waals surface area (Å²) in [5.41, 5.74) is -0.490. The number of carbonyl (C=O) groups excluding carboxylic acids is 1. The van der Waals surface area contributed by atoms with Crippen molar-refractivity contribution >= 4 is 11.8 Å². The van der Waals surface area contributed by atoms with Gasteiger partial charge in [-0.15, -0.1) is 0 Å². The van der Waals surface area contributed by atoms with Crippen LogP contribution in [0.5, 0.6) is 0 Å². The molecule has 0 aromatic heterocycles. The number of ketones is 1. The van der Waals surface area contributed by atoms with Crippen LogP contribution in [0.25, 0.3) is 0 Å². The van der Waals surface area contributed by atoms with Crippen molar-refractivity contribution in [1.29, 1.82) is 0 Å². The normalized spacial score (nSPS) is 27.3. The lowest BCUT2D eigenvalue weighted by atomic mass is 9.64. The van der Waals surface area contributed by atoms with Gasteiger partial charge in [0.2, 0.25) is 0 Å². The molecule has 0 unspecified atom stereocenters. The Morgan fingerprint density at radius 1 is 1.35 bits per heavy atom. The van der Waals surface area contributed by atoms with Gasteiger partial charge in [0.25, 0.3) is 0 Å². The molecule has 110 valence electrons. The minimum absolute atomic E-state index is 0.000412. The molecule has 0 spiro atoms. The van der Waals surface area contributed by atoms with E-state index in [1.54, 1.807) is 26.0 Å². The van der Waals surface area contributed by atoms with Crippen molar-refractivity contribution in [3.63, 3.8) is 0 Å². The maximum absolute atomic E-state index is 11.6. The number of hydrogen-bond acceptors (Lipinski definition) is 3. The Bertz CT molecular complexity index is 535. The molecule has 0 amide bonds. The Morgan fingerprint density at radius 2 is 1.90 bits per heavy atom. The van der Waals surface area contributed by atoms with Gasteiger partial charge in [-0.05, 0) is 44.1 Å². The SMILES string of the molecule is CC1=CC(=O)CC(C)(C)[C@@]1(O)C=C/C(C)=C(/C)C(=O)O. The van der Waals surface area contributed by atoms with Crippen molar-refractivity contribution in [2.24, 2.45) is 5.41 Å². The van der Waals surface area contributed by atoms with E-state index in [0.29, 0.717) is 11.1 Å². The van der Waals surface area contributed by atoms with Crippen LogP contribution in [0.15, 0.2) is 34.9 Å². The summed E-state index contributed by atoms with van der Waals surface area (Å²) in [7, 11) is 0. The summed E-state index contributed by atoms with van der Waals surface area (Å²) in [5.74, 6) is -0.982. The van der Waals surface area contributed by atoms with Crippen molar-refractivity contribution in [3.05, 3.63) is 34.9 Å². The minimum Gasteiger partial charge on any atom is -0.478 e. The predicted molar refractivity (Wildman–Crippen MR) is 77.3 cm³/mol. The lowest BCUT2D eigenvalue weighted by Crippen LogP contribution is -2.48. The standard InChI is InChI=1S/C16H22O4/c1-10(12(3)14(18)19)6-7-16(20)11(2)8-13(17)9-15(16,4)5/h6-8,20H,9H2,1-5H3,(H,18,19)/b7-6?,12-10-/t16-/m1/s1. The second-order valence-electron chi connectivity index (χ2n) is 6.07. The second kappa shape index (κ2) is 5.37. The second-order valence-corrected chi connectivity index (χ2v) is 6.07. The van der Waals surface area contributed by atoms with Crippen molar-refractivity contribution < 1.29 is 19.8 Å². The number of carboxylic acid groups (broad SMARTS) is 1. The summed E-state index contributed by atoms with van der Waals surface area (Å²) in [5, 5.41) is 19.8. The van der Waals surface area contributed by atoms with Crippen LogP contribution in [0.1, 0.15) is 41.0 Å². The Labute approximate surface area is 119 Å². The highest BCUT2D eigenvalue weighted by atomic mass is 16.4. The van der Waals surface area contributed by atoms with Gasteiger partial charge in [-0.2, -0.15) is 0 Å². The number of carboxylic acids is 1. The molecule has 1 atom stereocenters. The van der Waals surface area contributed by atoms with E-state index in [9.17, 15) is 14.7 Å². The van der Waals surface area contributed by atoms with E-state index < -0.39 is 17.0 Å². The molecule has 0 fully saturated rings. The Balaban J connectivity index is 3.23. The van der Waals surface area contributed by atoms with E-state index in [1.807, 2.05) is 13.8 Å². The van der Waals surface area contributed by atoms with Crippen LogP contribution in [-0.4, -0.2) is 27.6 Å².